The molecule has 11 nitrogen and oxygen atoms in total. The van der Waals surface area contributed by atoms with E-state index >= 15 is 0 Å². The summed E-state index contributed by atoms with van der Waals surface area (Å²) in [5.74, 6) is 0.117. The number of nitrogens with one attached hydrogen (secondary N) is 1. The Morgan fingerprint density at radius 2 is 2.10 bits per heavy atom. The Hall–Kier alpha value is -3.76. The van der Waals surface area contributed by atoms with Crippen LogP contribution in [0.25, 0.3) is 11.0 Å². The van der Waals surface area contributed by atoms with Crippen molar-refractivity contribution < 1.29 is 19.1 Å². The van der Waals surface area contributed by atoms with Crippen molar-refractivity contribution in [1.82, 2.24) is 15.3 Å². The van der Waals surface area contributed by atoms with E-state index in [1.54, 1.807) is 37.4 Å². The van der Waals surface area contributed by atoms with Crippen molar-refractivity contribution in [1.29, 1.82) is 0 Å². The van der Waals surface area contributed by atoms with Crippen LogP contribution in [0.3, 0.4) is 0 Å². The van der Waals surface area contributed by atoms with Gasteiger partial charge >= 0.3 is 11.7 Å². The average Bonchev–Trinajstić information content (AvgIpc) is 3.23. The molecular formula is C19H20N6O5. The molecular weight excluding hydrogens is 392 g/mol. The summed E-state index contributed by atoms with van der Waals surface area (Å²) in [5.41, 5.74) is 1.02. The zero-order valence-electron chi connectivity index (χ0n) is 16.3. The highest BCUT2D eigenvalue weighted by atomic mass is 16.6. The lowest BCUT2D eigenvalue weighted by Gasteiger charge is -2.32. The maximum Gasteiger partial charge on any atom is 0.324 e. The molecule has 0 atom stereocenters. The molecule has 0 bridgehead atoms. The number of nitro benzene ring substituents is 1. The first-order chi connectivity index (χ1) is 14.6. The van der Waals surface area contributed by atoms with E-state index in [0.29, 0.717) is 49.6 Å². The van der Waals surface area contributed by atoms with Crippen LogP contribution in [-0.2, 0) is 9.53 Å². The van der Waals surface area contributed by atoms with Gasteiger partial charge in [0.1, 0.15) is 11.5 Å². The zero-order valence-corrected chi connectivity index (χ0v) is 16.3. The molecule has 3 aromatic rings. The predicted molar refractivity (Wildman–Crippen MR) is 108 cm³/mol. The molecule has 0 amide bonds. The molecule has 11 heteroatoms. The van der Waals surface area contributed by atoms with Crippen molar-refractivity contribution in [2.24, 2.45) is 5.92 Å². The summed E-state index contributed by atoms with van der Waals surface area (Å²) in [6.45, 7) is 3.29. The Kier molecular flexibility index (Phi) is 5.42. The number of piperidine rings is 1. The van der Waals surface area contributed by atoms with Crippen LogP contribution in [0.15, 0.2) is 35.1 Å². The van der Waals surface area contributed by atoms with E-state index in [1.807, 2.05) is 4.90 Å². The highest BCUT2D eigenvalue weighted by Crippen LogP contribution is 2.40. The molecule has 1 fully saturated rings. The standard InChI is InChI=1S/C19H20N6O5/c1-2-29-19(26)12-6-9-24(10-7-12)14-11-13(21-15-5-3-4-8-20-15)18(25(27)28)17-16(14)22-30-23-17/h3-5,8,11-12H,2,6-7,9-10H2,1H3,(H,20,21). The lowest BCUT2D eigenvalue weighted by atomic mass is 9.96. The summed E-state index contributed by atoms with van der Waals surface area (Å²) in [4.78, 5) is 29.5. The average molecular weight is 412 g/mol. The monoisotopic (exact) mass is 412 g/mol. The van der Waals surface area contributed by atoms with Gasteiger partial charge in [-0.05, 0) is 48.3 Å². The minimum atomic E-state index is -0.519. The van der Waals surface area contributed by atoms with Crippen molar-refractivity contribution in [3.63, 3.8) is 0 Å². The third-order valence-corrected chi connectivity index (χ3v) is 5.06. The fraction of sp³-hybridized carbons (Fsp3) is 0.368. The van der Waals surface area contributed by atoms with Crippen molar-refractivity contribution in [3.8, 4) is 0 Å². The van der Waals surface area contributed by atoms with E-state index in [1.165, 1.54) is 0 Å². The minimum absolute atomic E-state index is 0.0587. The third kappa shape index (κ3) is 3.73. The fourth-order valence-corrected chi connectivity index (χ4v) is 3.63. The number of carbonyl (C=O) groups is 1. The first kappa shape index (κ1) is 19.6. The number of anilines is 3. The quantitative estimate of drug-likeness (QED) is 0.365. The fourth-order valence-electron chi connectivity index (χ4n) is 3.63. The molecule has 0 saturated carbocycles. The molecule has 0 spiro atoms. The maximum atomic E-state index is 12.0. The van der Waals surface area contributed by atoms with Crippen molar-refractivity contribution in [2.45, 2.75) is 19.8 Å². The van der Waals surface area contributed by atoms with Gasteiger partial charge in [0, 0.05) is 19.3 Å². The van der Waals surface area contributed by atoms with Gasteiger partial charge in [0.15, 0.2) is 5.52 Å². The lowest BCUT2D eigenvalue weighted by Crippen LogP contribution is -2.37. The summed E-state index contributed by atoms with van der Waals surface area (Å²) in [5, 5.41) is 22.4. The van der Waals surface area contributed by atoms with Gasteiger partial charge < -0.3 is 15.0 Å². The van der Waals surface area contributed by atoms with Crippen molar-refractivity contribution in [3.05, 3.63) is 40.6 Å². The van der Waals surface area contributed by atoms with Crippen LogP contribution in [0.5, 0.6) is 0 Å². The molecule has 1 aliphatic heterocycles. The minimum Gasteiger partial charge on any atom is -0.466 e. The van der Waals surface area contributed by atoms with Crippen LogP contribution in [0, 0.1) is 16.0 Å². The van der Waals surface area contributed by atoms with Gasteiger partial charge in [-0.3, -0.25) is 14.9 Å². The Balaban J connectivity index is 1.69. The number of hydrogen-bond acceptors (Lipinski definition) is 10. The summed E-state index contributed by atoms with van der Waals surface area (Å²) in [6.07, 6.45) is 2.82. The van der Waals surface area contributed by atoms with Gasteiger partial charge in [0.05, 0.1) is 23.1 Å². The number of nitrogens with zero attached hydrogens (tertiary/aromatic N) is 5. The number of pyridine rings is 1. The van der Waals surface area contributed by atoms with Gasteiger partial charge in [-0.15, -0.1) is 0 Å². The summed E-state index contributed by atoms with van der Waals surface area (Å²) < 4.78 is 9.96. The number of carbonyl (C=O) groups excluding carboxylic acids is 1. The van der Waals surface area contributed by atoms with Crippen LogP contribution in [-0.4, -0.2) is 45.9 Å². The molecule has 3 heterocycles. The van der Waals surface area contributed by atoms with Crippen LogP contribution in [0.1, 0.15) is 19.8 Å². The van der Waals surface area contributed by atoms with Crippen LogP contribution < -0.4 is 10.2 Å². The highest BCUT2D eigenvalue weighted by Gasteiger charge is 2.31. The Morgan fingerprint density at radius 3 is 2.77 bits per heavy atom. The molecule has 2 aromatic heterocycles. The number of ether oxygens (including phenoxy) is 1. The number of benzene rings is 1. The molecule has 30 heavy (non-hydrogen) atoms. The molecule has 4 rings (SSSR count). The van der Waals surface area contributed by atoms with Crippen molar-refractivity contribution in [2.75, 3.05) is 29.9 Å². The molecule has 1 saturated heterocycles. The Bertz CT molecular complexity index is 1060. The normalized spacial score (nSPS) is 14.6. The number of hydrogen-bond donors (Lipinski definition) is 1. The van der Waals surface area contributed by atoms with Gasteiger partial charge in [0.2, 0.25) is 5.52 Å². The first-order valence-electron chi connectivity index (χ1n) is 9.61. The molecule has 1 aliphatic rings. The van der Waals surface area contributed by atoms with Crippen LogP contribution in [0.2, 0.25) is 0 Å². The molecule has 1 aromatic carbocycles. The number of fused-ring (bicyclic) bond motifs is 1. The smallest absolute Gasteiger partial charge is 0.324 e. The van der Waals surface area contributed by atoms with Crippen LogP contribution in [0.4, 0.5) is 22.9 Å². The topological polar surface area (TPSA) is 137 Å². The largest absolute Gasteiger partial charge is 0.466 e. The highest BCUT2D eigenvalue weighted by molar-refractivity contribution is 6.00. The Labute approximate surface area is 171 Å². The summed E-state index contributed by atoms with van der Waals surface area (Å²) in [7, 11) is 0. The number of aromatic nitrogens is 3. The van der Waals surface area contributed by atoms with E-state index in [0.717, 1.165) is 0 Å². The maximum absolute atomic E-state index is 12.0. The SMILES string of the molecule is CCOC(=O)C1CCN(c2cc(Nc3ccccn3)c([N+](=O)[O-])c3nonc23)CC1. The van der Waals surface area contributed by atoms with E-state index in [9.17, 15) is 14.9 Å². The van der Waals surface area contributed by atoms with Crippen molar-refractivity contribution >= 4 is 39.9 Å². The van der Waals surface area contributed by atoms with Gasteiger partial charge in [-0.2, -0.15) is 0 Å². The predicted octanol–water partition coefficient (Wildman–Crippen LogP) is 3.05. The van der Waals surface area contributed by atoms with Gasteiger partial charge in [-0.1, -0.05) is 6.07 Å². The van der Waals surface area contributed by atoms with E-state index in [-0.39, 0.29) is 28.8 Å². The number of rotatable bonds is 6. The molecule has 0 radical (unpaired) electrons. The molecule has 0 unspecified atom stereocenters. The second kappa shape index (κ2) is 8.31. The second-order valence-corrected chi connectivity index (χ2v) is 6.86. The van der Waals surface area contributed by atoms with E-state index in [4.69, 9.17) is 9.37 Å². The molecule has 1 N–H and O–H groups in total. The van der Waals surface area contributed by atoms with Gasteiger partial charge in [-0.25, -0.2) is 9.61 Å². The second-order valence-electron chi connectivity index (χ2n) is 6.86. The number of esters is 1. The lowest BCUT2D eigenvalue weighted by molar-refractivity contribution is -0.382. The van der Waals surface area contributed by atoms with E-state index < -0.39 is 4.92 Å². The zero-order chi connectivity index (χ0) is 21.1. The number of nitro groups is 1. The van der Waals surface area contributed by atoms with Gasteiger partial charge in [0.25, 0.3) is 0 Å². The van der Waals surface area contributed by atoms with E-state index in [2.05, 4.69) is 20.6 Å². The molecule has 156 valence electrons. The Morgan fingerprint density at radius 1 is 1.33 bits per heavy atom. The summed E-state index contributed by atoms with van der Waals surface area (Å²) >= 11 is 0. The third-order valence-electron chi connectivity index (χ3n) is 5.06. The molecule has 0 aliphatic carbocycles. The summed E-state index contributed by atoms with van der Waals surface area (Å²) in [6, 6.07) is 6.89. The van der Waals surface area contributed by atoms with Crippen LogP contribution >= 0.6 is 0 Å². The first-order valence-corrected chi connectivity index (χ1v) is 9.61.